The average molecular weight is 364 g/mol. The molecule has 2 aromatic rings. The molecule has 6 heteroatoms. The fourth-order valence-electron chi connectivity index (χ4n) is 1.52. The van der Waals surface area contributed by atoms with E-state index in [2.05, 4.69) is 32.9 Å². The Hall–Kier alpha value is -0.660. The molecule has 1 N–H and O–H groups in total. The van der Waals surface area contributed by atoms with Crippen LogP contribution in [0.1, 0.15) is 17.4 Å². The highest BCUT2D eigenvalue weighted by Crippen LogP contribution is 2.24. The molecule has 1 heterocycles. The van der Waals surface area contributed by atoms with Gasteiger partial charge in [0.2, 0.25) is 0 Å². The molecule has 1 aromatic heterocycles. The van der Waals surface area contributed by atoms with Crippen molar-refractivity contribution in [2.45, 2.75) is 12.5 Å². The van der Waals surface area contributed by atoms with Crippen LogP contribution >= 0.6 is 34.2 Å². The highest BCUT2D eigenvalue weighted by Gasteiger charge is 2.12. The van der Waals surface area contributed by atoms with Crippen LogP contribution in [0.3, 0.4) is 0 Å². The molecule has 2 rings (SSSR count). The second-order valence-electron chi connectivity index (χ2n) is 3.78. The smallest absolute Gasteiger partial charge is 0.0856 e. The van der Waals surface area contributed by atoms with Crippen molar-refractivity contribution in [3.8, 4) is 0 Å². The number of nitrogens with zero attached hydrogens (tertiary/aromatic N) is 3. The van der Waals surface area contributed by atoms with Crippen molar-refractivity contribution in [2.24, 2.45) is 7.05 Å². The first-order valence-corrected chi connectivity index (χ1v) is 6.50. The molecule has 0 saturated carbocycles. The minimum Gasteiger partial charge on any atom is -0.388 e. The summed E-state index contributed by atoms with van der Waals surface area (Å²) in [5.41, 5.74) is 1.55. The van der Waals surface area contributed by atoms with Crippen LogP contribution in [-0.4, -0.2) is 20.1 Å². The predicted octanol–water partition coefficient (Wildman–Crippen LogP) is 2.35. The first-order valence-electron chi connectivity index (χ1n) is 5.04. The van der Waals surface area contributed by atoms with E-state index in [1.807, 2.05) is 12.1 Å². The Kier molecular flexibility index (Phi) is 4.01. The van der Waals surface area contributed by atoms with Gasteiger partial charge in [-0.15, -0.1) is 5.10 Å². The van der Waals surface area contributed by atoms with E-state index in [-0.39, 0.29) is 0 Å². The lowest BCUT2D eigenvalue weighted by Crippen LogP contribution is -2.02. The second-order valence-corrected chi connectivity index (χ2v) is 5.35. The molecule has 0 aliphatic heterocycles. The third-order valence-electron chi connectivity index (χ3n) is 2.38. The summed E-state index contributed by atoms with van der Waals surface area (Å²) in [5, 5.41) is 18.5. The van der Waals surface area contributed by atoms with E-state index in [1.54, 1.807) is 24.0 Å². The molecule has 1 atom stereocenters. The normalized spacial score (nSPS) is 12.7. The molecular formula is C11H11ClIN3O. The van der Waals surface area contributed by atoms with E-state index in [0.29, 0.717) is 11.4 Å². The van der Waals surface area contributed by atoms with Crippen molar-refractivity contribution in [3.63, 3.8) is 0 Å². The van der Waals surface area contributed by atoms with Crippen molar-refractivity contribution in [1.29, 1.82) is 0 Å². The lowest BCUT2D eigenvalue weighted by molar-refractivity contribution is 0.177. The Morgan fingerprint density at radius 3 is 2.88 bits per heavy atom. The molecule has 1 unspecified atom stereocenters. The van der Waals surface area contributed by atoms with Crippen LogP contribution in [0.25, 0.3) is 0 Å². The highest BCUT2D eigenvalue weighted by molar-refractivity contribution is 14.1. The molecule has 0 bridgehead atoms. The molecule has 90 valence electrons. The molecule has 1 aromatic carbocycles. The lowest BCUT2D eigenvalue weighted by atomic mass is 10.1. The minimum atomic E-state index is -0.610. The Labute approximate surface area is 118 Å². The summed E-state index contributed by atoms with van der Waals surface area (Å²) in [7, 11) is 1.80. The molecule has 0 aliphatic rings. The number of aryl methyl sites for hydroxylation is 1. The number of hydrogen-bond acceptors (Lipinski definition) is 3. The van der Waals surface area contributed by atoms with E-state index in [1.165, 1.54) is 0 Å². The molecule has 17 heavy (non-hydrogen) atoms. The third-order valence-corrected chi connectivity index (χ3v) is 3.95. The second kappa shape index (κ2) is 5.32. The van der Waals surface area contributed by atoms with Crippen LogP contribution in [0.4, 0.5) is 0 Å². The van der Waals surface area contributed by atoms with Gasteiger partial charge in [0.15, 0.2) is 0 Å². The number of rotatable bonds is 3. The monoisotopic (exact) mass is 363 g/mol. The van der Waals surface area contributed by atoms with Gasteiger partial charge in [0.05, 0.1) is 16.8 Å². The van der Waals surface area contributed by atoms with E-state index < -0.39 is 6.10 Å². The van der Waals surface area contributed by atoms with Gasteiger partial charge in [-0.3, -0.25) is 4.68 Å². The summed E-state index contributed by atoms with van der Waals surface area (Å²) in [6, 6.07) is 5.54. The Balaban J connectivity index is 2.14. The largest absolute Gasteiger partial charge is 0.388 e. The van der Waals surface area contributed by atoms with Gasteiger partial charge in [0.25, 0.3) is 0 Å². The molecule has 0 radical (unpaired) electrons. The van der Waals surface area contributed by atoms with E-state index in [9.17, 15) is 5.11 Å². The number of aromatic nitrogens is 3. The average Bonchev–Trinajstić information content (AvgIpc) is 2.68. The molecule has 0 spiro atoms. The fraction of sp³-hybridized carbons (Fsp3) is 0.273. The van der Waals surface area contributed by atoms with Gasteiger partial charge in [-0.25, -0.2) is 0 Å². The predicted molar refractivity (Wildman–Crippen MR) is 73.8 cm³/mol. The van der Waals surface area contributed by atoms with Gasteiger partial charge in [0.1, 0.15) is 0 Å². The van der Waals surface area contributed by atoms with Crippen LogP contribution in [0, 0.1) is 3.57 Å². The van der Waals surface area contributed by atoms with Crippen molar-refractivity contribution in [3.05, 3.63) is 44.2 Å². The van der Waals surface area contributed by atoms with Gasteiger partial charge in [0, 0.05) is 23.2 Å². The molecule has 0 saturated heterocycles. The number of hydrogen-bond donors (Lipinski definition) is 1. The topological polar surface area (TPSA) is 50.9 Å². The van der Waals surface area contributed by atoms with Gasteiger partial charge in [-0.05, 0) is 40.3 Å². The summed E-state index contributed by atoms with van der Waals surface area (Å²) in [6.07, 6.45) is 1.61. The first-order chi connectivity index (χ1) is 8.06. The Morgan fingerprint density at radius 1 is 1.53 bits per heavy atom. The zero-order valence-corrected chi connectivity index (χ0v) is 12.1. The standard InChI is InChI=1S/C11H11ClIN3O/c1-16-6-8(14-15-16)5-11(17)7-2-3-10(13)9(12)4-7/h2-4,6,11,17H,5H2,1H3. The maximum Gasteiger partial charge on any atom is 0.0856 e. The Morgan fingerprint density at radius 2 is 2.29 bits per heavy atom. The van der Waals surface area contributed by atoms with Gasteiger partial charge in [-0.2, -0.15) is 0 Å². The number of aliphatic hydroxyl groups excluding tert-OH is 1. The molecule has 4 nitrogen and oxygen atoms in total. The molecular weight excluding hydrogens is 352 g/mol. The van der Waals surface area contributed by atoms with Crippen LogP contribution in [0.5, 0.6) is 0 Å². The summed E-state index contributed by atoms with van der Waals surface area (Å²) < 4.78 is 2.59. The lowest BCUT2D eigenvalue weighted by Gasteiger charge is -2.09. The van der Waals surface area contributed by atoms with E-state index in [4.69, 9.17) is 11.6 Å². The summed E-state index contributed by atoms with van der Waals surface area (Å²) >= 11 is 8.17. The third kappa shape index (κ3) is 3.17. The fourth-order valence-corrected chi connectivity index (χ4v) is 2.05. The number of benzene rings is 1. The van der Waals surface area contributed by atoms with E-state index in [0.717, 1.165) is 14.8 Å². The maximum atomic E-state index is 10.1. The van der Waals surface area contributed by atoms with Crippen molar-refractivity contribution < 1.29 is 5.11 Å². The van der Waals surface area contributed by atoms with Gasteiger partial charge < -0.3 is 5.11 Å². The summed E-state index contributed by atoms with van der Waals surface area (Å²) in [4.78, 5) is 0. The van der Waals surface area contributed by atoms with Crippen LogP contribution in [0.15, 0.2) is 24.4 Å². The summed E-state index contributed by atoms with van der Waals surface area (Å²) in [6.45, 7) is 0. The zero-order chi connectivity index (χ0) is 12.4. The zero-order valence-electron chi connectivity index (χ0n) is 9.14. The van der Waals surface area contributed by atoms with Crippen molar-refractivity contribution >= 4 is 34.2 Å². The van der Waals surface area contributed by atoms with Crippen molar-refractivity contribution in [2.75, 3.05) is 0 Å². The summed E-state index contributed by atoms with van der Waals surface area (Å²) in [5.74, 6) is 0. The first kappa shape index (κ1) is 12.8. The van der Waals surface area contributed by atoms with Crippen LogP contribution < -0.4 is 0 Å². The Bertz CT molecular complexity index is 529. The number of aliphatic hydroxyl groups is 1. The SMILES string of the molecule is Cn1cc(CC(O)c2ccc(I)c(Cl)c2)nn1. The van der Waals surface area contributed by atoms with Crippen LogP contribution in [0.2, 0.25) is 5.02 Å². The maximum absolute atomic E-state index is 10.1. The van der Waals surface area contributed by atoms with Crippen LogP contribution in [-0.2, 0) is 13.5 Å². The van der Waals surface area contributed by atoms with E-state index >= 15 is 0 Å². The number of halogens is 2. The quantitative estimate of drug-likeness (QED) is 0.852. The van der Waals surface area contributed by atoms with Gasteiger partial charge >= 0.3 is 0 Å². The van der Waals surface area contributed by atoms with Crippen molar-refractivity contribution in [1.82, 2.24) is 15.0 Å². The van der Waals surface area contributed by atoms with Gasteiger partial charge in [-0.1, -0.05) is 22.9 Å². The molecule has 0 amide bonds. The molecule has 0 fully saturated rings. The molecule has 0 aliphatic carbocycles. The highest BCUT2D eigenvalue weighted by atomic mass is 127. The minimum absolute atomic E-state index is 0.435.